The lowest BCUT2D eigenvalue weighted by atomic mass is 10.0. The van der Waals surface area contributed by atoms with Crippen LogP contribution in [-0.4, -0.2) is 26.2 Å². The Morgan fingerprint density at radius 1 is 1.11 bits per heavy atom. The molecule has 4 rings (SSSR count). The molecule has 0 N–H and O–H groups in total. The van der Waals surface area contributed by atoms with E-state index in [1.54, 1.807) is 0 Å². The number of halogens is 1. The van der Waals surface area contributed by atoms with Crippen LogP contribution in [0.3, 0.4) is 0 Å². The first-order chi connectivity index (χ1) is 13.6. The molecule has 1 aromatic carbocycles. The van der Waals surface area contributed by atoms with Crippen LogP contribution in [0.5, 0.6) is 0 Å². The predicted octanol–water partition coefficient (Wildman–Crippen LogP) is 5.19. The van der Waals surface area contributed by atoms with Crippen LogP contribution in [0.15, 0.2) is 48.8 Å². The average Bonchev–Trinajstić information content (AvgIpc) is 3.33. The van der Waals surface area contributed by atoms with Crippen molar-refractivity contribution in [3.05, 3.63) is 81.9 Å². The first-order valence-corrected chi connectivity index (χ1v) is 10.5. The third-order valence-electron chi connectivity index (χ3n) is 5.46. The summed E-state index contributed by atoms with van der Waals surface area (Å²) in [6.45, 7) is 7.18. The first kappa shape index (κ1) is 19.2. The fourth-order valence-corrected chi connectivity index (χ4v) is 4.25. The van der Waals surface area contributed by atoms with Gasteiger partial charge in [0.1, 0.15) is 0 Å². The minimum Gasteiger partial charge on any atom is -0.290 e. The molecule has 1 atom stereocenters. The van der Waals surface area contributed by atoms with Gasteiger partial charge in [-0.3, -0.25) is 14.6 Å². The van der Waals surface area contributed by atoms with Crippen LogP contribution in [-0.2, 0) is 19.5 Å². The third kappa shape index (κ3) is 4.45. The van der Waals surface area contributed by atoms with E-state index in [0.717, 1.165) is 36.8 Å². The van der Waals surface area contributed by atoms with Gasteiger partial charge in [0.15, 0.2) is 0 Å². The second-order valence-electron chi connectivity index (χ2n) is 7.68. The highest BCUT2D eigenvalue weighted by Crippen LogP contribution is 2.33. The summed E-state index contributed by atoms with van der Waals surface area (Å²) in [6.07, 6.45) is 7.44. The van der Waals surface area contributed by atoms with Gasteiger partial charge in [0.2, 0.25) is 0 Å². The molecule has 4 nitrogen and oxygen atoms in total. The number of aromatic nitrogens is 3. The zero-order chi connectivity index (χ0) is 19.5. The Kier molecular flexibility index (Phi) is 5.79. The summed E-state index contributed by atoms with van der Waals surface area (Å²) in [6, 6.07) is 13.0. The van der Waals surface area contributed by atoms with E-state index in [9.17, 15) is 0 Å². The number of likely N-dealkylation sites (tertiary alicyclic amines) is 1. The van der Waals surface area contributed by atoms with E-state index in [0.29, 0.717) is 6.04 Å². The summed E-state index contributed by atoms with van der Waals surface area (Å²) in [5.41, 5.74) is 6.16. The number of hydrogen-bond acceptors (Lipinski definition) is 3. The maximum Gasteiger partial charge on any atom is 0.0581 e. The molecule has 0 spiro atoms. The van der Waals surface area contributed by atoms with Crippen LogP contribution in [0.4, 0.5) is 0 Å². The molecule has 1 aliphatic heterocycles. The highest BCUT2D eigenvalue weighted by atomic mass is 35.5. The molecular formula is C23H27ClN4. The van der Waals surface area contributed by atoms with Crippen LogP contribution in [0.2, 0.25) is 5.02 Å². The van der Waals surface area contributed by atoms with E-state index in [4.69, 9.17) is 16.6 Å². The van der Waals surface area contributed by atoms with Crippen LogP contribution in [0, 0.1) is 6.92 Å². The molecule has 0 amide bonds. The number of aryl methyl sites for hydroxylation is 2. The van der Waals surface area contributed by atoms with Crippen LogP contribution < -0.4 is 0 Å². The van der Waals surface area contributed by atoms with Crippen LogP contribution in [0.25, 0.3) is 0 Å². The van der Waals surface area contributed by atoms with E-state index in [-0.39, 0.29) is 0 Å². The van der Waals surface area contributed by atoms with E-state index in [1.807, 2.05) is 23.0 Å². The maximum absolute atomic E-state index is 6.02. The summed E-state index contributed by atoms with van der Waals surface area (Å²) >= 11 is 6.02. The van der Waals surface area contributed by atoms with Gasteiger partial charge in [0, 0.05) is 35.6 Å². The minimum absolute atomic E-state index is 0.383. The highest BCUT2D eigenvalue weighted by molar-refractivity contribution is 6.30. The van der Waals surface area contributed by atoms with Gasteiger partial charge in [-0.15, -0.1) is 0 Å². The van der Waals surface area contributed by atoms with Crippen LogP contribution in [0.1, 0.15) is 53.9 Å². The molecule has 0 bridgehead atoms. The molecule has 1 aliphatic rings. The van der Waals surface area contributed by atoms with Crippen molar-refractivity contribution in [3.63, 3.8) is 0 Å². The number of hydrogen-bond donors (Lipinski definition) is 0. The third-order valence-corrected chi connectivity index (χ3v) is 5.71. The highest BCUT2D eigenvalue weighted by Gasteiger charge is 2.27. The fraction of sp³-hybridized carbons (Fsp3) is 0.391. The second-order valence-corrected chi connectivity index (χ2v) is 8.11. The Bertz CT molecular complexity index is 932. The fourth-order valence-electron chi connectivity index (χ4n) is 4.12. The molecule has 146 valence electrons. The lowest BCUT2D eigenvalue weighted by Crippen LogP contribution is -2.23. The number of benzene rings is 1. The SMILES string of the molecule is CCn1cc(CN2CCC[C@H]2c2cc(Cc3ccc(Cl)cc3)cc(C)n2)cn1. The van der Waals surface area contributed by atoms with Crippen molar-refractivity contribution in [2.45, 2.75) is 52.2 Å². The summed E-state index contributed by atoms with van der Waals surface area (Å²) < 4.78 is 2.00. The van der Waals surface area contributed by atoms with E-state index >= 15 is 0 Å². The molecule has 0 unspecified atom stereocenters. The topological polar surface area (TPSA) is 34.0 Å². The Morgan fingerprint density at radius 3 is 2.68 bits per heavy atom. The molecule has 2 aromatic heterocycles. The zero-order valence-electron chi connectivity index (χ0n) is 16.6. The summed E-state index contributed by atoms with van der Waals surface area (Å²) in [5.74, 6) is 0. The maximum atomic E-state index is 6.02. The number of pyridine rings is 1. The van der Waals surface area contributed by atoms with Crippen molar-refractivity contribution >= 4 is 11.6 Å². The summed E-state index contributed by atoms with van der Waals surface area (Å²) in [5, 5.41) is 5.20. The zero-order valence-corrected chi connectivity index (χ0v) is 17.4. The standard InChI is InChI=1S/C23H27ClN4/c1-3-28-16-20(14-25-28)15-27-10-4-5-23(27)22-13-19(11-17(2)26-22)12-18-6-8-21(24)9-7-18/h6-9,11,13-14,16,23H,3-5,10,12,15H2,1-2H3/t23-/m0/s1. The van der Waals surface area contributed by atoms with Gasteiger partial charge in [0.25, 0.3) is 0 Å². The first-order valence-electron chi connectivity index (χ1n) is 10.1. The molecule has 0 saturated carbocycles. The van der Waals surface area contributed by atoms with Gasteiger partial charge in [-0.2, -0.15) is 5.10 Å². The Balaban J connectivity index is 1.53. The Hall–Kier alpha value is -2.17. The Morgan fingerprint density at radius 2 is 1.93 bits per heavy atom. The van der Waals surface area contributed by atoms with Crippen molar-refractivity contribution in [3.8, 4) is 0 Å². The predicted molar refractivity (Wildman–Crippen MR) is 114 cm³/mol. The molecule has 0 radical (unpaired) electrons. The van der Waals surface area contributed by atoms with Gasteiger partial charge in [-0.25, -0.2) is 0 Å². The monoisotopic (exact) mass is 394 g/mol. The molecule has 5 heteroatoms. The minimum atomic E-state index is 0.383. The van der Waals surface area contributed by atoms with Crippen molar-refractivity contribution in [2.75, 3.05) is 6.54 Å². The van der Waals surface area contributed by atoms with Gasteiger partial charge < -0.3 is 0 Å². The lowest BCUT2D eigenvalue weighted by Gasteiger charge is -2.24. The van der Waals surface area contributed by atoms with E-state index in [2.05, 4.69) is 54.3 Å². The number of rotatable bonds is 6. The summed E-state index contributed by atoms with van der Waals surface area (Å²) in [4.78, 5) is 7.45. The normalized spacial score (nSPS) is 17.3. The molecule has 28 heavy (non-hydrogen) atoms. The van der Waals surface area contributed by atoms with E-state index in [1.165, 1.54) is 35.2 Å². The van der Waals surface area contributed by atoms with Gasteiger partial charge in [0.05, 0.1) is 17.9 Å². The van der Waals surface area contributed by atoms with Crippen molar-refractivity contribution in [1.82, 2.24) is 19.7 Å². The average molecular weight is 395 g/mol. The molecule has 3 heterocycles. The van der Waals surface area contributed by atoms with Crippen molar-refractivity contribution in [1.29, 1.82) is 0 Å². The van der Waals surface area contributed by atoms with Gasteiger partial charge >= 0.3 is 0 Å². The number of nitrogens with zero attached hydrogens (tertiary/aromatic N) is 4. The molecular weight excluding hydrogens is 368 g/mol. The van der Waals surface area contributed by atoms with Crippen molar-refractivity contribution in [2.24, 2.45) is 0 Å². The quantitative estimate of drug-likeness (QED) is 0.577. The molecule has 1 saturated heterocycles. The summed E-state index contributed by atoms with van der Waals surface area (Å²) in [7, 11) is 0. The molecule has 3 aromatic rings. The molecule has 0 aliphatic carbocycles. The molecule has 1 fully saturated rings. The smallest absolute Gasteiger partial charge is 0.0581 e. The van der Waals surface area contributed by atoms with Gasteiger partial charge in [-0.05, 0) is 75.0 Å². The Labute approximate surface area is 172 Å². The second kappa shape index (κ2) is 8.46. The van der Waals surface area contributed by atoms with E-state index < -0.39 is 0 Å². The van der Waals surface area contributed by atoms with Crippen LogP contribution >= 0.6 is 11.6 Å². The van der Waals surface area contributed by atoms with Crippen molar-refractivity contribution < 1.29 is 0 Å². The van der Waals surface area contributed by atoms with Gasteiger partial charge in [-0.1, -0.05) is 23.7 Å². The largest absolute Gasteiger partial charge is 0.290 e. The lowest BCUT2D eigenvalue weighted by molar-refractivity contribution is 0.244.